The van der Waals surface area contributed by atoms with E-state index in [1.165, 1.54) is 4.68 Å². The Kier molecular flexibility index (Phi) is 6.93. The number of nitrogens with zero attached hydrogens (tertiary/aromatic N) is 3. The number of aromatic nitrogens is 3. The van der Waals surface area contributed by atoms with Gasteiger partial charge in [-0.15, -0.1) is 0 Å². The summed E-state index contributed by atoms with van der Waals surface area (Å²) in [5.74, 6) is -1.28. The molecule has 3 aromatic carbocycles. The van der Waals surface area contributed by atoms with Gasteiger partial charge in [0.1, 0.15) is 5.69 Å². The number of fused-ring (bicyclic) bond motifs is 1. The van der Waals surface area contributed by atoms with E-state index in [0.717, 1.165) is 10.0 Å². The number of carbonyl (C=O) groups excluding carboxylic acids is 2. The molecule has 190 valence electrons. The van der Waals surface area contributed by atoms with Crippen molar-refractivity contribution in [3.8, 4) is 16.9 Å². The predicted octanol–water partition coefficient (Wildman–Crippen LogP) is 5.26. The number of hydrogen-bond acceptors (Lipinski definition) is 5. The zero-order chi connectivity index (χ0) is 26.8. The Balaban J connectivity index is 1.37. The number of esters is 1. The van der Waals surface area contributed by atoms with Crippen LogP contribution < -0.4 is 10.9 Å². The summed E-state index contributed by atoms with van der Waals surface area (Å²) in [6, 6.07) is 25.6. The maximum Gasteiger partial charge on any atom is 0.339 e. The van der Waals surface area contributed by atoms with Gasteiger partial charge in [-0.1, -0.05) is 64.5 Å². The van der Waals surface area contributed by atoms with E-state index in [9.17, 15) is 14.4 Å². The highest BCUT2D eigenvalue weighted by Crippen LogP contribution is 2.27. The third kappa shape index (κ3) is 4.88. The van der Waals surface area contributed by atoms with Gasteiger partial charge in [0.25, 0.3) is 11.5 Å². The van der Waals surface area contributed by atoms with Crippen LogP contribution in [-0.4, -0.2) is 32.8 Å². The van der Waals surface area contributed by atoms with Crippen molar-refractivity contribution < 1.29 is 14.3 Å². The lowest BCUT2D eigenvalue weighted by molar-refractivity contribution is -0.119. The third-order valence-corrected chi connectivity index (χ3v) is 6.70. The highest BCUT2D eigenvalue weighted by molar-refractivity contribution is 9.10. The summed E-state index contributed by atoms with van der Waals surface area (Å²) < 4.78 is 9.39. The van der Waals surface area contributed by atoms with Crippen LogP contribution >= 0.6 is 15.9 Å². The smallest absolute Gasteiger partial charge is 0.339 e. The molecular weight excluding hydrogens is 548 g/mol. The first-order chi connectivity index (χ1) is 18.3. The molecule has 0 atom stereocenters. The van der Waals surface area contributed by atoms with Gasteiger partial charge in [0, 0.05) is 22.5 Å². The van der Waals surface area contributed by atoms with Crippen LogP contribution in [-0.2, 0) is 16.6 Å². The van der Waals surface area contributed by atoms with Gasteiger partial charge in [0.2, 0.25) is 0 Å². The molecule has 0 bridgehead atoms. The minimum atomic E-state index is -0.665. The Morgan fingerprint density at radius 1 is 0.974 bits per heavy atom. The van der Waals surface area contributed by atoms with Gasteiger partial charge in [-0.25, -0.2) is 14.5 Å². The summed E-state index contributed by atoms with van der Waals surface area (Å²) >= 11 is 3.46. The van der Waals surface area contributed by atoms with Gasteiger partial charge in [0.05, 0.1) is 28.2 Å². The quantitative estimate of drug-likeness (QED) is 0.281. The second-order valence-corrected chi connectivity index (χ2v) is 9.56. The number of ether oxygens (including phenoxy) is 1. The molecule has 1 N–H and O–H groups in total. The summed E-state index contributed by atoms with van der Waals surface area (Å²) in [7, 11) is 1.73. The van der Waals surface area contributed by atoms with E-state index in [1.54, 1.807) is 42.9 Å². The number of nitrogens with one attached hydrogen (secondary N) is 1. The molecule has 0 radical (unpaired) electrons. The first-order valence-electron chi connectivity index (χ1n) is 11.8. The monoisotopic (exact) mass is 570 g/mol. The Labute approximate surface area is 226 Å². The lowest BCUT2D eigenvalue weighted by atomic mass is 10.0. The molecule has 0 spiro atoms. The number of para-hydroxylation sites is 2. The van der Waals surface area contributed by atoms with Crippen molar-refractivity contribution in [2.24, 2.45) is 7.05 Å². The maximum atomic E-state index is 13.1. The number of amides is 1. The SMILES string of the molecule is Cc1c(NC(=O)COC(=O)c2cc(-c3cccc(Br)c3)nc3ccccc23)c(=O)n(-c2ccccc2)n1C. The molecule has 0 aliphatic rings. The van der Waals surface area contributed by atoms with Gasteiger partial charge >= 0.3 is 5.97 Å². The molecule has 2 heterocycles. The van der Waals surface area contributed by atoms with E-state index in [4.69, 9.17) is 4.74 Å². The largest absolute Gasteiger partial charge is 0.452 e. The van der Waals surface area contributed by atoms with Crippen molar-refractivity contribution in [3.05, 3.63) is 111 Å². The van der Waals surface area contributed by atoms with Gasteiger partial charge in [-0.2, -0.15) is 0 Å². The molecule has 2 aromatic heterocycles. The predicted molar refractivity (Wildman–Crippen MR) is 150 cm³/mol. The Bertz CT molecular complexity index is 1740. The van der Waals surface area contributed by atoms with E-state index >= 15 is 0 Å². The van der Waals surface area contributed by atoms with Crippen molar-refractivity contribution in [2.45, 2.75) is 6.92 Å². The zero-order valence-corrected chi connectivity index (χ0v) is 22.2. The maximum absolute atomic E-state index is 13.1. The van der Waals surface area contributed by atoms with Crippen LogP contribution in [0.5, 0.6) is 0 Å². The highest BCUT2D eigenvalue weighted by Gasteiger charge is 2.20. The van der Waals surface area contributed by atoms with Gasteiger partial charge in [-0.3, -0.25) is 14.3 Å². The molecule has 38 heavy (non-hydrogen) atoms. The molecule has 1 amide bonds. The van der Waals surface area contributed by atoms with E-state index in [0.29, 0.717) is 33.5 Å². The summed E-state index contributed by atoms with van der Waals surface area (Å²) in [6.07, 6.45) is 0. The standard InChI is InChI=1S/C29H23BrN4O4/c1-18-27(28(36)34(33(18)2)21-11-4-3-5-12-21)32-26(35)17-38-29(37)23-16-25(19-9-8-10-20(30)15-19)31-24-14-7-6-13-22(23)24/h3-16H,17H2,1-2H3,(H,32,35). The fourth-order valence-electron chi connectivity index (χ4n) is 4.24. The molecule has 0 aliphatic carbocycles. The number of halogens is 1. The number of hydrogen-bond donors (Lipinski definition) is 1. The van der Waals surface area contributed by atoms with Crippen LogP contribution in [0.15, 0.2) is 94.2 Å². The van der Waals surface area contributed by atoms with Crippen LogP contribution in [0.3, 0.4) is 0 Å². The molecule has 0 saturated heterocycles. The van der Waals surface area contributed by atoms with Gasteiger partial charge in [-0.05, 0) is 43.3 Å². The molecule has 9 heteroatoms. The van der Waals surface area contributed by atoms with Crippen molar-refractivity contribution in [1.29, 1.82) is 0 Å². The third-order valence-electron chi connectivity index (χ3n) is 6.21. The molecule has 8 nitrogen and oxygen atoms in total. The van der Waals surface area contributed by atoms with E-state index in [1.807, 2.05) is 60.7 Å². The first kappa shape index (κ1) is 25.2. The Morgan fingerprint density at radius 2 is 1.71 bits per heavy atom. The normalized spacial score (nSPS) is 10.9. The first-order valence-corrected chi connectivity index (χ1v) is 12.6. The number of carbonyl (C=O) groups is 2. The minimum absolute atomic E-state index is 0.128. The zero-order valence-electron chi connectivity index (χ0n) is 20.6. The van der Waals surface area contributed by atoms with Crippen molar-refractivity contribution in [2.75, 3.05) is 11.9 Å². The molecular formula is C29H23BrN4O4. The second kappa shape index (κ2) is 10.5. The van der Waals surface area contributed by atoms with Crippen LogP contribution in [0.1, 0.15) is 16.1 Å². The molecule has 0 unspecified atom stereocenters. The average molecular weight is 571 g/mol. The lowest BCUT2D eigenvalue weighted by Crippen LogP contribution is -2.26. The summed E-state index contributed by atoms with van der Waals surface area (Å²) in [6.45, 7) is 1.18. The lowest BCUT2D eigenvalue weighted by Gasteiger charge is -2.10. The molecule has 0 fully saturated rings. The summed E-state index contributed by atoms with van der Waals surface area (Å²) in [5.41, 5.74) is 3.33. The topological polar surface area (TPSA) is 95.2 Å². The van der Waals surface area contributed by atoms with E-state index in [-0.39, 0.29) is 11.2 Å². The van der Waals surface area contributed by atoms with Gasteiger partial charge < -0.3 is 10.1 Å². The summed E-state index contributed by atoms with van der Waals surface area (Å²) in [5, 5.41) is 3.22. The van der Waals surface area contributed by atoms with Crippen LogP contribution in [0.4, 0.5) is 5.69 Å². The van der Waals surface area contributed by atoms with Crippen LogP contribution in [0.2, 0.25) is 0 Å². The number of anilines is 1. The minimum Gasteiger partial charge on any atom is -0.452 e. The second-order valence-electron chi connectivity index (χ2n) is 8.64. The van der Waals surface area contributed by atoms with Crippen molar-refractivity contribution in [1.82, 2.24) is 14.3 Å². The van der Waals surface area contributed by atoms with E-state index in [2.05, 4.69) is 26.2 Å². The van der Waals surface area contributed by atoms with Crippen LogP contribution in [0, 0.1) is 6.92 Å². The Morgan fingerprint density at radius 3 is 2.47 bits per heavy atom. The van der Waals surface area contributed by atoms with Crippen molar-refractivity contribution >= 4 is 44.4 Å². The van der Waals surface area contributed by atoms with E-state index < -0.39 is 18.5 Å². The fourth-order valence-corrected chi connectivity index (χ4v) is 4.64. The molecule has 0 saturated carbocycles. The summed E-state index contributed by atoms with van der Waals surface area (Å²) in [4.78, 5) is 43.6. The molecule has 0 aliphatic heterocycles. The molecule has 5 aromatic rings. The Hall–Kier alpha value is -4.50. The number of rotatable bonds is 6. The number of benzene rings is 3. The van der Waals surface area contributed by atoms with Gasteiger partial charge in [0.15, 0.2) is 6.61 Å². The fraction of sp³-hybridized carbons (Fsp3) is 0.103. The molecule has 5 rings (SSSR count). The van der Waals surface area contributed by atoms with Crippen molar-refractivity contribution in [3.63, 3.8) is 0 Å². The number of pyridine rings is 1. The average Bonchev–Trinajstić information content (AvgIpc) is 3.14. The highest BCUT2D eigenvalue weighted by atomic mass is 79.9. The van der Waals surface area contributed by atoms with Crippen LogP contribution in [0.25, 0.3) is 27.8 Å².